The molecule has 1 aromatic heterocycles. The van der Waals surface area contributed by atoms with Crippen molar-refractivity contribution in [3.05, 3.63) is 42.2 Å². The minimum absolute atomic E-state index is 0.200. The van der Waals surface area contributed by atoms with Gasteiger partial charge in [0.2, 0.25) is 6.41 Å². The molecule has 2 heterocycles. The molecule has 1 aliphatic carbocycles. The van der Waals surface area contributed by atoms with E-state index in [4.69, 9.17) is 4.98 Å². The van der Waals surface area contributed by atoms with Crippen LogP contribution >= 0.6 is 0 Å². The molecule has 2 aromatic rings. The van der Waals surface area contributed by atoms with Crippen LogP contribution < -0.4 is 4.90 Å². The van der Waals surface area contributed by atoms with Gasteiger partial charge in [-0.15, -0.1) is 6.58 Å². The van der Waals surface area contributed by atoms with E-state index in [-0.39, 0.29) is 6.04 Å². The summed E-state index contributed by atoms with van der Waals surface area (Å²) in [7, 11) is 0. The van der Waals surface area contributed by atoms with E-state index in [9.17, 15) is 4.79 Å². The first-order chi connectivity index (χ1) is 16.1. The third-order valence-corrected chi connectivity index (χ3v) is 6.66. The minimum atomic E-state index is 0.200. The van der Waals surface area contributed by atoms with Crippen LogP contribution in [0.5, 0.6) is 0 Å². The molecular formula is C28H44N4O. The number of benzene rings is 1. The van der Waals surface area contributed by atoms with Gasteiger partial charge < -0.3 is 9.80 Å². The Balaban J connectivity index is 0.000000714. The lowest BCUT2D eigenvalue weighted by Gasteiger charge is -2.39. The van der Waals surface area contributed by atoms with Crippen LogP contribution in [-0.2, 0) is 4.79 Å². The third-order valence-electron chi connectivity index (χ3n) is 6.66. The number of carbonyl (C=O) groups is 1. The zero-order valence-corrected chi connectivity index (χ0v) is 21.5. The average Bonchev–Trinajstić information content (AvgIpc) is 2.81. The minimum Gasteiger partial charge on any atom is -0.352 e. The molecule has 1 amide bonds. The van der Waals surface area contributed by atoms with Gasteiger partial charge in [-0.2, -0.15) is 0 Å². The number of nitrogens with zero attached hydrogens (tertiary/aromatic N) is 4. The van der Waals surface area contributed by atoms with Gasteiger partial charge in [0.15, 0.2) is 0 Å². The van der Waals surface area contributed by atoms with Crippen LogP contribution in [0.4, 0.5) is 5.82 Å². The molecule has 4 rings (SSSR count). The number of aryl methyl sites for hydroxylation is 1. The average molecular weight is 453 g/mol. The molecule has 1 unspecified atom stereocenters. The monoisotopic (exact) mass is 452 g/mol. The molecule has 1 saturated carbocycles. The molecule has 33 heavy (non-hydrogen) atoms. The quantitative estimate of drug-likeness (QED) is 0.386. The van der Waals surface area contributed by atoms with E-state index in [1.807, 2.05) is 25.7 Å². The molecule has 2 aliphatic rings. The van der Waals surface area contributed by atoms with Crippen molar-refractivity contribution in [3.8, 4) is 0 Å². The Labute approximate surface area is 201 Å². The molecule has 2 fully saturated rings. The topological polar surface area (TPSA) is 49.3 Å². The van der Waals surface area contributed by atoms with Crippen molar-refractivity contribution in [2.24, 2.45) is 0 Å². The Morgan fingerprint density at radius 3 is 2.27 bits per heavy atom. The van der Waals surface area contributed by atoms with E-state index < -0.39 is 0 Å². The highest BCUT2D eigenvalue weighted by molar-refractivity contribution is 5.94. The molecule has 1 atom stereocenters. The lowest BCUT2D eigenvalue weighted by Crippen LogP contribution is -2.51. The summed E-state index contributed by atoms with van der Waals surface area (Å²) < 4.78 is 0. The first-order valence-corrected chi connectivity index (χ1v) is 12.9. The summed E-state index contributed by atoms with van der Waals surface area (Å²) in [5, 5.41) is 1.25. The zero-order chi connectivity index (χ0) is 24.2. The first kappa shape index (κ1) is 26.8. The molecule has 1 aromatic carbocycles. The number of hydrogen-bond donors (Lipinski definition) is 0. The standard InChI is InChI=1S/C23H32N4O.C3H6.C2H6/c1-17-10-11-20(19-8-6-4-3-5-7-9-19)21-22(17)24-15-25-23(21)26-12-13-27(16-28)18(2)14-26;1-3-2;1-2/h10-11,15-16,18-19H,3-9,12-14H2,1-2H3;3H,1H2,2H3;1-2H3. The predicted molar refractivity (Wildman–Crippen MR) is 141 cm³/mol. The highest BCUT2D eigenvalue weighted by atomic mass is 16.1. The second-order valence-electron chi connectivity index (χ2n) is 8.98. The fraction of sp³-hybridized carbons (Fsp3) is 0.607. The number of hydrogen-bond acceptors (Lipinski definition) is 4. The highest BCUT2D eigenvalue weighted by Crippen LogP contribution is 2.39. The Bertz CT molecular complexity index is 874. The van der Waals surface area contributed by atoms with E-state index in [0.29, 0.717) is 5.92 Å². The van der Waals surface area contributed by atoms with Crippen molar-refractivity contribution < 1.29 is 4.79 Å². The molecule has 5 heteroatoms. The predicted octanol–water partition coefficient (Wildman–Crippen LogP) is 6.65. The van der Waals surface area contributed by atoms with Gasteiger partial charge in [0.1, 0.15) is 12.1 Å². The van der Waals surface area contributed by atoms with Crippen LogP contribution in [0.2, 0.25) is 0 Å². The van der Waals surface area contributed by atoms with Crippen molar-refractivity contribution in [1.29, 1.82) is 0 Å². The summed E-state index contributed by atoms with van der Waals surface area (Å²) in [5.41, 5.74) is 3.74. The molecule has 1 aliphatic heterocycles. The Kier molecular flexibility index (Phi) is 11.4. The van der Waals surface area contributed by atoms with Gasteiger partial charge in [-0.3, -0.25) is 4.79 Å². The maximum absolute atomic E-state index is 11.3. The van der Waals surface area contributed by atoms with Crippen LogP contribution in [-0.4, -0.2) is 47.0 Å². The fourth-order valence-electron chi connectivity index (χ4n) is 4.99. The largest absolute Gasteiger partial charge is 0.352 e. The van der Waals surface area contributed by atoms with Crippen molar-refractivity contribution in [3.63, 3.8) is 0 Å². The van der Waals surface area contributed by atoms with Crippen LogP contribution in [0.15, 0.2) is 31.1 Å². The summed E-state index contributed by atoms with van der Waals surface area (Å²) in [4.78, 5) is 25.0. The number of rotatable bonds is 3. The van der Waals surface area contributed by atoms with Crippen molar-refractivity contribution in [2.75, 3.05) is 24.5 Å². The van der Waals surface area contributed by atoms with Gasteiger partial charge in [0.25, 0.3) is 0 Å². The second-order valence-corrected chi connectivity index (χ2v) is 8.98. The van der Waals surface area contributed by atoms with Crippen LogP contribution in [0.25, 0.3) is 10.9 Å². The van der Waals surface area contributed by atoms with Crippen LogP contribution in [0.3, 0.4) is 0 Å². The van der Waals surface area contributed by atoms with E-state index in [1.54, 1.807) is 12.4 Å². The van der Waals surface area contributed by atoms with Crippen LogP contribution in [0.1, 0.15) is 89.7 Å². The van der Waals surface area contributed by atoms with E-state index in [1.165, 1.54) is 61.5 Å². The zero-order valence-electron chi connectivity index (χ0n) is 21.5. The lowest BCUT2D eigenvalue weighted by molar-refractivity contribution is -0.120. The highest BCUT2D eigenvalue weighted by Gasteiger charge is 2.27. The van der Waals surface area contributed by atoms with Crippen LogP contribution in [0, 0.1) is 6.92 Å². The third kappa shape index (κ3) is 6.78. The summed E-state index contributed by atoms with van der Waals surface area (Å²) in [6.07, 6.45) is 13.7. The van der Waals surface area contributed by atoms with Gasteiger partial charge in [-0.25, -0.2) is 9.97 Å². The number of aromatic nitrogens is 2. The maximum atomic E-state index is 11.3. The van der Waals surface area contributed by atoms with Crippen molar-refractivity contribution in [2.45, 2.75) is 91.5 Å². The van der Waals surface area contributed by atoms with E-state index in [0.717, 1.165) is 37.4 Å². The molecule has 0 N–H and O–H groups in total. The Hall–Kier alpha value is -2.43. The number of piperazine rings is 1. The number of fused-ring (bicyclic) bond motifs is 1. The normalized spacial score (nSPS) is 19.4. The summed E-state index contributed by atoms with van der Waals surface area (Å²) >= 11 is 0. The number of carbonyl (C=O) groups excluding carboxylic acids is 1. The second kappa shape index (κ2) is 14.0. The van der Waals surface area contributed by atoms with Crippen molar-refractivity contribution in [1.82, 2.24) is 14.9 Å². The van der Waals surface area contributed by atoms with E-state index in [2.05, 4.69) is 42.4 Å². The van der Waals surface area contributed by atoms with Gasteiger partial charge >= 0.3 is 0 Å². The summed E-state index contributed by atoms with van der Waals surface area (Å²) in [6, 6.07) is 4.77. The van der Waals surface area contributed by atoms with E-state index >= 15 is 0 Å². The Morgan fingerprint density at radius 2 is 1.67 bits per heavy atom. The molecular weight excluding hydrogens is 408 g/mol. The molecule has 0 spiro atoms. The first-order valence-electron chi connectivity index (χ1n) is 12.9. The van der Waals surface area contributed by atoms with Gasteiger partial charge in [0, 0.05) is 31.1 Å². The summed E-state index contributed by atoms with van der Waals surface area (Å²) in [5.74, 6) is 1.66. The number of amides is 1. The maximum Gasteiger partial charge on any atom is 0.210 e. The smallest absolute Gasteiger partial charge is 0.210 e. The van der Waals surface area contributed by atoms with Gasteiger partial charge in [0.05, 0.1) is 5.52 Å². The number of allylic oxidation sites excluding steroid dienone is 1. The fourth-order valence-corrected chi connectivity index (χ4v) is 4.99. The van der Waals surface area contributed by atoms with Gasteiger partial charge in [-0.1, -0.05) is 64.2 Å². The molecule has 0 radical (unpaired) electrons. The van der Waals surface area contributed by atoms with Crippen molar-refractivity contribution >= 4 is 23.1 Å². The van der Waals surface area contributed by atoms with Gasteiger partial charge in [-0.05, 0) is 50.7 Å². The molecule has 5 nitrogen and oxygen atoms in total. The molecule has 1 saturated heterocycles. The SMILES string of the molecule is C=CC.CC.Cc1ccc(C2CCCCCCC2)c2c(N3CCN(C=O)C(C)C3)ncnc12. The molecule has 182 valence electrons. The molecule has 0 bridgehead atoms. The Morgan fingerprint density at radius 1 is 1.03 bits per heavy atom. The number of anilines is 1. The lowest BCUT2D eigenvalue weighted by atomic mass is 9.83. The summed E-state index contributed by atoms with van der Waals surface area (Å²) in [6.45, 7) is 15.9.